The van der Waals surface area contributed by atoms with Gasteiger partial charge in [-0.2, -0.15) is 0 Å². The molecule has 4 aliphatic heterocycles. The molecule has 4 fully saturated rings. The van der Waals surface area contributed by atoms with E-state index < -0.39 is 0 Å². The van der Waals surface area contributed by atoms with Crippen molar-refractivity contribution in [1.82, 2.24) is 31.1 Å². The number of nitrogens with zero attached hydrogens (tertiary/aromatic N) is 2. The quantitative estimate of drug-likeness (QED) is 0.0954. The van der Waals surface area contributed by atoms with Crippen LogP contribution in [0.5, 0.6) is 11.5 Å². The van der Waals surface area contributed by atoms with Crippen LogP contribution in [0.4, 0.5) is 9.59 Å². The normalized spacial score (nSPS) is 27.9. The fourth-order valence-corrected chi connectivity index (χ4v) is 11.8. The molecule has 2 aliphatic carbocycles. The van der Waals surface area contributed by atoms with Gasteiger partial charge in [-0.1, -0.05) is 54.6 Å². The summed E-state index contributed by atoms with van der Waals surface area (Å²) in [6, 6.07) is 28.7. The van der Waals surface area contributed by atoms with Gasteiger partial charge in [-0.15, -0.1) is 0 Å². The van der Waals surface area contributed by atoms with Gasteiger partial charge in [0.1, 0.15) is 11.5 Å². The number of carbonyl (C=O) groups excluding carboxylic acids is 2. The minimum atomic E-state index is -0.0727. The molecule has 3 aromatic carbocycles. The monoisotopic (exact) mass is 817 g/mol. The lowest BCUT2D eigenvalue weighted by Crippen LogP contribution is -2.44. The molecule has 10 heteroatoms. The van der Waals surface area contributed by atoms with Crippen LogP contribution in [-0.4, -0.2) is 73.3 Å². The van der Waals surface area contributed by atoms with E-state index in [9.17, 15) is 9.59 Å². The highest BCUT2D eigenvalue weighted by Gasteiger charge is 2.44. The van der Waals surface area contributed by atoms with Crippen LogP contribution in [0, 0.1) is 11.8 Å². The average molecular weight is 817 g/mol. The largest absolute Gasteiger partial charge is 0.493 e. The fraction of sp³-hybridized carbons (Fsp3) is 0.600. The summed E-state index contributed by atoms with van der Waals surface area (Å²) in [5.41, 5.74) is 6.28. The molecule has 4 atom stereocenters. The Balaban J connectivity index is 0.571. The van der Waals surface area contributed by atoms with E-state index in [1.807, 2.05) is 24.3 Å². The molecule has 0 unspecified atom stereocenters. The number of ether oxygens (including phenoxy) is 2. The first-order chi connectivity index (χ1) is 29.6. The molecular formula is C50H68N6O4. The maximum Gasteiger partial charge on any atom is 0.315 e. The second-order valence-electron chi connectivity index (χ2n) is 18.6. The SMILES string of the molecule is O=C(NCCCOc1cccc(OCCCNC(=O)NC2CCC(CCN3[C@@H]4CC[C@H]3c3ccccc34)CC2)c1)NC1CCC(CCN2[C@@H]3CC[C@H]2c2ccccc23)CC1. The Labute approximate surface area is 357 Å². The van der Waals surface area contributed by atoms with Crippen molar-refractivity contribution in [3.8, 4) is 11.5 Å². The third-order valence-corrected chi connectivity index (χ3v) is 15.0. The summed E-state index contributed by atoms with van der Waals surface area (Å²) in [6.07, 6.45) is 18.3. The van der Waals surface area contributed by atoms with Crippen molar-refractivity contribution in [1.29, 1.82) is 0 Å². The van der Waals surface area contributed by atoms with Gasteiger partial charge in [-0.05, 0) is 162 Å². The van der Waals surface area contributed by atoms with Gasteiger partial charge in [0.2, 0.25) is 0 Å². The van der Waals surface area contributed by atoms with Crippen molar-refractivity contribution in [2.24, 2.45) is 11.8 Å². The predicted octanol–water partition coefficient (Wildman–Crippen LogP) is 9.50. The molecule has 0 aromatic heterocycles. The van der Waals surface area contributed by atoms with Gasteiger partial charge in [0.05, 0.1) is 13.2 Å². The van der Waals surface area contributed by atoms with Crippen LogP contribution in [0.3, 0.4) is 0 Å². The maximum atomic E-state index is 12.6. The standard InChI is InChI=1S/C50H68N6O4/c57-49(53-37-18-14-35(15-19-37)26-30-55-45-22-23-46(55)42-11-2-1-10-41(42)45)51-28-6-32-59-39-8-5-9-40(34-39)60-33-7-29-52-50(58)54-38-20-16-36(17-21-38)27-31-56-47-24-25-48(56)44-13-4-3-12-43(44)47/h1-5,8-13,34-38,45-48H,6-7,14-33H2,(H2,51,53,57)(H2,52,54,58)/t35?,36?,37?,38?,45-,46+,47-,48+. The highest BCUT2D eigenvalue weighted by atomic mass is 16.5. The third-order valence-electron chi connectivity index (χ3n) is 15.0. The second kappa shape index (κ2) is 19.6. The van der Waals surface area contributed by atoms with Crippen molar-refractivity contribution >= 4 is 12.1 Å². The maximum absolute atomic E-state index is 12.6. The van der Waals surface area contributed by atoms with Crippen LogP contribution in [-0.2, 0) is 0 Å². The molecular weight excluding hydrogens is 749 g/mol. The number of benzene rings is 3. The Kier molecular flexibility index (Phi) is 13.4. The van der Waals surface area contributed by atoms with Gasteiger partial charge >= 0.3 is 12.1 Å². The summed E-state index contributed by atoms with van der Waals surface area (Å²) in [7, 11) is 0. The molecule has 2 saturated carbocycles. The molecule has 4 bridgehead atoms. The lowest BCUT2D eigenvalue weighted by atomic mass is 9.84. The summed E-state index contributed by atoms with van der Waals surface area (Å²) in [4.78, 5) is 30.8. The molecule has 9 rings (SSSR count). The number of hydrogen-bond acceptors (Lipinski definition) is 6. The lowest BCUT2D eigenvalue weighted by Gasteiger charge is -2.31. The Bertz CT molecular complexity index is 1700. The smallest absolute Gasteiger partial charge is 0.315 e. The molecule has 4 N–H and O–H groups in total. The van der Waals surface area contributed by atoms with Crippen LogP contribution in [0.2, 0.25) is 0 Å². The summed E-state index contributed by atoms with van der Waals surface area (Å²) >= 11 is 0. The molecule has 60 heavy (non-hydrogen) atoms. The molecule has 4 amide bonds. The van der Waals surface area contributed by atoms with Crippen LogP contribution < -0.4 is 30.7 Å². The molecule has 322 valence electrons. The number of carbonyl (C=O) groups is 2. The number of nitrogens with one attached hydrogen (secondary N) is 4. The van der Waals surface area contributed by atoms with Crippen molar-refractivity contribution in [3.63, 3.8) is 0 Å². The zero-order valence-corrected chi connectivity index (χ0v) is 35.6. The number of fused-ring (bicyclic) bond motifs is 10. The van der Waals surface area contributed by atoms with Crippen molar-refractivity contribution in [2.75, 3.05) is 39.4 Å². The zero-order valence-electron chi connectivity index (χ0n) is 35.6. The lowest BCUT2D eigenvalue weighted by molar-refractivity contribution is 0.185. The second-order valence-corrected chi connectivity index (χ2v) is 18.6. The summed E-state index contributed by atoms with van der Waals surface area (Å²) in [5.74, 6) is 3.01. The Morgan fingerprint density at radius 2 is 0.883 bits per heavy atom. The van der Waals surface area contributed by atoms with Crippen LogP contribution in [0.25, 0.3) is 0 Å². The van der Waals surface area contributed by atoms with Gasteiger partial charge in [-0.3, -0.25) is 9.80 Å². The van der Waals surface area contributed by atoms with E-state index in [2.05, 4.69) is 79.6 Å². The Morgan fingerprint density at radius 3 is 1.27 bits per heavy atom. The van der Waals surface area contributed by atoms with Crippen molar-refractivity contribution < 1.29 is 19.1 Å². The number of urea groups is 2. The molecule has 6 aliphatic rings. The van der Waals surface area contributed by atoms with Gasteiger partial charge in [0.25, 0.3) is 0 Å². The molecule has 2 saturated heterocycles. The first kappa shape index (κ1) is 41.1. The Morgan fingerprint density at radius 1 is 0.500 bits per heavy atom. The van der Waals surface area contributed by atoms with E-state index in [-0.39, 0.29) is 24.1 Å². The summed E-state index contributed by atoms with van der Waals surface area (Å²) < 4.78 is 11.9. The topological polar surface area (TPSA) is 107 Å². The fourth-order valence-electron chi connectivity index (χ4n) is 11.8. The van der Waals surface area contributed by atoms with Gasteiger partial charge < -0.3 is 30.7 Å². The Hall–Kier alpha value is -4.28. The zero-order chi connectivity index (χ0) is 40.7. The number of rotatable bonds is 18. The minimum absolute atomic E-state index is 0.0727. The van der Waals surface area contributed by atoms with Crippen molar-refractivity contribution in [2.45, 2.75) is 139 Å². The van der Waals surface area contributed by atoms with E-state index in [1.165, 1.54) is 77.3 Å². The molecule has 0 spiro atoms. The minimum Gasteiger partial charge on any atom is -0.493 e. The van der Waals surface area contributed by atoms with Gasteiger partial charge in [-0.25, -0.2) is 9.59 Å². The molecule has 3 aromatic rings. The van der Waals surface area contributed by atoms with Crippen LogP contribution in [0.15, 0.2) is 72.8 Å². The highest BCUT2D eigenvalue weighted by Crippen LogP contribution is 2.54. The van der Waals surface area contributed by atoms with E-state index in [0.29, 0.717) is 50.5 Å². The van der Waals surface area contributed by atoms with E-state index >= 15 is 0 Å². The first-order valence-corrected chi connectivity index (χ1v) is 23.7. The summed E-state index contributed by atoms with van der Waals surface area (Å²) in [5, 5.41) is 12.5. The van der Waals surface area contributed by atoms with Gasteiger partial charge in [0, 0.05) is 55.4 Å². The van der Waals surface area contributed by atoms with Crippen LogP contribution >= 0.6 is 0 Å². The van der Waals surface area contributed by atoms with Crippen molar-refractivity contribution in [3.05, 3.63) is 95.1 Å². The predicted molar refractivity (Wildman–Crippen MR) is 236 cm³/mol. The number of hydrogen-bond donors (Lipinski definition) is 4. The first-order valence-electron chi connectivity index (χ1n) is 23.7. The average Bonchev–Trinajstić information content (AvgIpc) is 4.04. The molecule has 4 heterocycles. The van der Waals surface area contributed by atoms with E-state index in [4.69, 9.17) is 9.47 Å². The summed E-state index contributed by atoms with van der Waals surface area (Å²) in [6.45, 7) is 4.54. The van der Waals surface area contributed by atoms with E-state index in [0.717, 1.165) is 61.9 Å². The van der Waals surface area contributed by atoms with Crippen LogP contribution in [0.1, 0.15) is 149 Å². The van der Waals surface area contributed by atoms with E-state index in [1.54, 1.807) is 22.3 Å². The van der Waals surface area contributed by atoms with Gasteiger partial charge in [0.15, 0.2) is 0 Å². The number of amides is 4. The molecule has 10 nitrogen and oxygen atoms in total. The highest BCUT2D eigenvalue weighted by molar-refractivity contribution is 5.74. The third kappa shape index (κ3) is 9.75. The molecule has 0 radical (unpaired) electrons.